The number of aromatic nitrogens is 2. The number of imidazole rings is 1. The number of aryl methyl sites for hydroxylation is 1. The second-order valence-corrected chi connectivity index (χ2v) is 3.32. The van der Waals surface area contributed by atoms with E-state index >= 15 is 0 Å². The molecular formula is C12H16N2O. The number of nitrogens with zero attached hydrogens (tertiary/aromatic N) is 2. The Kier molecular flexibility index (Phi) is 3.50. The van der Waals surface area contributed by atoms with Crippen molar-refractivity contribution in [3.63, 3.8) is 0 Å². The summed E-state index contributed by atoms with van der Waals surface area (Å²) in [4.78, 5) is 4.33. The first-order valence-electron chi connectivity index (χ1n) is 4.68. The number of allylic oxidation sites excluding steroid dienone is 2. The lowest BCUT2D eigenvalue weighted by Gasteiger charge is -2.04. The molecule has 0 spiro atoms. The predicted octanol–water partition coefficient (Wildman–Crippen LogP) is 2.86. The molecule has 1 aromatic heterocycles. The summed E-state index contributed by atoms with van der Waals surface area (Å²) in [6, 6.07) is 0. The van der Waals surface area contributed by atoms with Crippen molar-refractivity contribution in [2.24, 2.45) is 0 Å². The molecule has 0 aliphatic rings. The van der Waals surface area contributed by atoms with Crippen molar-refractivity contribution in [3.05, 3.63) is 42.5 Å². The van der Waals surface area contributed by atoms with E-state index in [1.165, 1.54) is 0 Å². The van der Waals surface area contributed by atoms with Gasteiger partial charge >= 0.3 is 0 Å². The largest absolute Gasteiger partial charge is 0.493 e. The van der Waals surface area contributed by atoms with Gasteiger partial charge in [-0.1, -0.05) is 19.2 Å². The van der Waals surface area contributed by atoms with Gasteiger partial charge in [0.25, 0.3) is 0 Å². The SMILES string of the molecule is C=C/C(C)=C\n1cc(C)nc1C(=C)OC. The maximum absolute atomic E-state index is 5.07. The molecule has 3 heteroatoms. The van der Waals surface area contributed by atoms with Crippen LogP contribution in [0.2, 0.25) is 0 Å². The first kappa shape index (κ1) is 11.3. The first-order chi connectivity index (χ1) is 7.08. The highest BCUT2D eigenvalue weighted by Gasteiger charge is 2.07. The van der Waals surface area contributed by atoms with Crippen molar-refractivity contribution < 1.29 is 4.74 Å². The van der Waals surface area contributed by atoms with Gasteiger partial charge in [0.05, 0.1) is 12.8 Å². The zero-order chi connectivity index (χ0) is 11.4. The van der Waals surface area contributed by atoms with Crippen LogP contribution in [0.3, 0.4) is 0 Å². The Morgan fingerprint density at radius 1 is 1.60 bits per heavy atom. The average molecular weight is 204 g/mol. The third-order valence-corrected chi connectivity index (χ3v) is 2.01. The van der Waals surface area contributed by atoms with Gasteiger partial charge in [0, 0.05) is 12.4 Å². The van der Waals surface area contributed by atoms with Crippen molar-refractivity contribution in [2.75, 3.05) is 7.11 Å². The molecule has 0 atom stereocenters. The molecule has 80 valence electrons. The van der Waals surface area contributed by atoms with Crippen LogP contribution in [0.4, 0.5) is 0 Å². The van der Waals surface area contributed by atoms with Crippen LogP contribution in [0.25, 0.3) is 12.0 Å². The molecule has 1 heterocycles. The predicted molar refractivity (Wildman–Crippen MR) is 63.2 cm³/mol. The van der Waals surface area contributed by atoms with Gasteiger partial charge in [-0.15, -0.1) is 0 Å². The zero-order valence-electron chi connectivity index (χ0n) is 9.45. The van der Waals surface area contributed by atoms with Crippen LogP contribution in [-0.2, 0) is 4.74 Å². The monoisotopic (exact) mass is 204 g/mol. The summed E-state index contributed by atoms with van der Waals surface area (Å²) in [6.45, 7) is 11.4. The van der Waals surface area contributed by atoms with Gasteiger partial charge in [-0.25, -0.2) is 4.98 Å². The minimum absolute atomic E-state index is 0.552. The van der Waals surface area contributed by atoms with Gasteiger partial charge in [-0.2, -0.15) is 0 Å². The summed E-state index contributed by atoms with van der Waals surface area (Å²) in [5.41, 5.74) is 1.98. The summed E-state index contributed by atoms with van der Waals surface area (Å²) in [7, 11) is 1.58. The third-order valence-electron chi connectivity index (χ3n) is 2.01. The van der Waals surface area contributed by atoms with Crippen LogP contribution in [0.1, 0.15) is 18.4 Å². The molecule has 0 aromatic carbocycles. The van der Waals surface area contributed by atoms with E-state index in [2.05, 4.69) is 18.1 Å². The second kappa shape index (κ2) is 4.64. The van der Waals surface area contributed by atoms with Crippen LogP contribution < -0.4 is 0 Å². The molecule has 1 aromatic rings. The van der Waals surface area contributed by atoms with E-state index in [0.717, 1.165) is 17.1 Å². The molecule has 0 unspecified atom stereocenters. The van der Waals surface area contributed by atoms with Crippen LogP contribution in [0.5, 0.6) is 0 Å². The van der Waals surface area contributed by atoms with Crippen molar-refractivity contribution in [1.29, 1.82) is 0 Å². The first-order valence-corrected chi connectivity index (χ1v) is 4.68. The van der Waals surface area contributed by atoms with E-state index in [0.29, 0.717) is 5.76 Å². The molecule has 0 fully saturated rings. The lowest BCUT2D eigenvalue weighted by molar-refractivity contribution is 0.367. The number of rotatable bonds is 4. The maximum Gasteiger partial charge on any atom is 0.179 e. The van der Waals surface area contributed by atoms with E-state index in [9.17, 15) is 0 Å². The van der Waals surface area contributed by atoms with Crippen LogP contribution >= 0.6 is 0 Å². The summed E-state index contributed by atoms with van der Waals surface area (Å²) in [6.07, 6.45) is 5.65. The van der Waals surface area contributed by atoms with Crippen LogP contribution in [0, 0.1) is 6.92 Å². The molecule has 0 bridgehead atoms. The van der Waals surface area contributed by atoms with Crippen molar-refractivity contribution in [3.8, 4) is 0 Å². The van der Waals surface area contributed by atoms with Crippen molar-refractivity contribution in [2.45, 2.75) is 13.8 Å². The molecule has 0 saturated carbocycles. The zero-order valence-corrected chi connectivity index (χ0v) is 9.45. The Morgan fingerprint density at radius 3 is 2.80 bits per heavy atom. The Bertz CT molecular complexity index is 413. The Hall–Kier alpha value is -1.77. The number of ether oxygens (including phenoxy) is 1. The highest BCUT2D eigenvalue weighted by molar-refractivity contribution is 5.54. The molecule has 0 saturated heterocycles. The van der Waals surface area contributed by atoms with Gasteiger partial charge in [-0.3, -0.25) is 0 Å². The molecule has 0 radical (unpaired) electrons. The van der Waals surface area contributed by atoms with Crippen molar-refractivity contribution in [1.82, 2.24) is 9.55 Å². The second-order valence-electron chi connectivity index (χ2n) is 3.32. The number of hydrogen-bond donors (Lipinski definition) is 0. The molecule has 1 rings (SSSR count). The molecule has 0 N–H and O–H groups in total. The standard InChI is InChI=1S/C12H16N2O/c1-6-9(2)7-14-8-10(3)13-12(14)11(4)15-5/h6-8H,1,4H2,2-3,5H3/b9-7-. The molecular weight excluding hydrogens is 188 g/mol. The minimum atomic E-state index is 0.552. The Balaban J connectivity index is 3.17. The quantitative estimate of drug-likeness (QED) is 0.557. The van der Waals surface area contributed by atoms with Gasteiger partial charge in [-0.05, 0) is 19.4 Å². The van der Waals surface area contributed by atoms with E-state index in [4.69, 9.17) is 4.74 Å². The molecule has 0 amide bonds. The van der Waals surface area contributed by atoms with Crippen LogP contribution in [-0.4, -0.2) is 16.7 Å². The minimum Gasteiger partial charge on any atom is -0.493 e. The van der Waals surface area contributed by atoms with Crippen molar-refractivity contribution >= 4 is 12.0 Å². The normalized spacial score (nSPS) is 11.3. The lowest BCUT2D eigenvalue weighted by atomic mass is 10.3. The van der Waals surface area contributed by atoms with Gasteiger partial charge < -0.3 is 9.30 Å². The van der Waals surface area contributed by atoms with Gasteiger partial charge in [0.2, 0.25) is 0 Å². The highest BCUT2D eigenvalue weighted by atomic mass is 16.5. The fraction of sp³-hybridized carbons (Fsp3) is 0.250. The molecule has 0 aliphatic heterocycles. The summed E-state index contributed by atoms with van der Waals surface area (Å²) >= 11 is 0. The Labute approximate surface area is 90.4 Å². The summed E-state index contributed by atoms with van der Waals surface area (Å²) in [5.74, 6) is 1.27. The summed E-state index contributed by atoms with van der Waals surface area (Å²) < 4.78 is 6.96. The van der Waals surface area contributed by atoms with Crippen LogP contribution in [0.15, 0.2) is 31.0 Å². The number of methoxy groups -OCH3 is 1. The lowest BCUT2D eigenvalue weighted by Crippen LogP contribution is -1.96. The van der Waals surface area contributed by atoms with E-state index in [1.807, 2.05) is 30.8 Å². The molecule has 0 aliphatic carbocycles. The molecule has 15 heavy (non-hydrogen) atoms. The topological polar surface area (TPSA) is 27.1 Å². The average Bonchev–Trinajstić information content (AvgIpc) is 2.58. The van der Waals surface area contributed by atoms with E-state index in [1.54, 1.807) is 13.2 Å². The fourth-order valence-electron chi connectivity index (χ4n) is 1.18. The van der Waals surface area contributed by atoms with Gasteiger partial charge in [0.1, 0.15) is 0 Å². The summed E-state index contributed by atoms with van der Waals surface area (Å²) in [5, 5.41) is 0. The van der Waals surface area contributed by atoms with Gasteiger partial charge in [0.15, 0.2) is 11.6 Å². The Morgan fingerprint density at radius 2 is 2.27 bits per heavy atom. The molecule has 3 nitrogen and oxygen atoms in total. The fourth-order valence-corrected chi connectivity index (χ4v) is 1.18. The van der Waals surface area contributed by atoms with E-state index < -0.39 is 0 Å². The van der Waals surface area contributed by atoms with E-state index in [-0.39, 0.29) is 0 Å². The smallest absolute Gasteiger partial charge is 0.179 e. The maximum atomic E-state index is 5.07. The third kappa shape index (κ3) is 2.59. The highest BCUT2D eigenvalue weighted by Crippen LogP contribution is 2.14. The number of hydrogen-bond acceptors (Lipinski definition) is 2.